The molecule has 1 amide bonds. The fraction of sp³-hybridized carbons (Fsp3) is 0.100. The SMILES string of the molecule is CC(=O)Nc1ccc(Sc2nsnc2Cl)cc1. The Balaban J connectivity index is 2.08. The van der Waals surface area contributed by atoms with Crippen molar-refractivity contribution >= 4 is 46.7 Å². The van der Waals surface area contributed by atoms with Crippen LogP contribution in [0.25, 0.3) is 0 Å². The third-order valence-electron chi connectivity index (χ3n) is 1.81. The molecule has 1 heterocycles. The number of halogens is 1. The van der Waals surface area contributed by atoms with Crippen LogP contribution in [0.4, 0.5) is 5.69 Å². The van der Waals surface area contributed by atoms with E-state index in [1.165, 1.54) is 18.7 Å². The number of nitrogens with one attached hydrogen (secondary N) is 1. The Morgan fingerprint density at radius 2 is 2.06 bits per heavy atom. The van der Waals surface area contributed by atoms with Crippen LogP contribution in [-0.2, 0) is 4.79 Å². The molecule has 2 aromatic rings. The van der Waals surface area contributed by atoms with Crippen LogP contribution in [0.1, 0.15) is 6.92 Å². The highest BCUT2D eigenvalue weighted by Crippen LogP contribution is 2.31. The van der Waals surface area contributed by atoms with Crippen LogP contribution in [0, 0.1) is 0 Å². The van der Waals surface area contributed by atoms with E-state index in [4.69, 9.17) is 11.6 Å². The molecule has 0 saturated heterocycles. The van der Waals surface area contributed by atoms with Crippen molar-refractivity contribution in [2.24, 2.45) is 0 Å². The quantitative estimate of drug-likeness (QED) is 0.940. The molecule has 88 valence electrons. The van der Waals surface area contributed by atoms with Gasteiger partial charge in [-0.2, -0.15) is 8.75 Å². The molecule has 0 radical (unpaired) electrons. The molecular weight excluding hydrogens is 278 g/mol. The number of aromatic nitrogens is 2. The molecular formula is C10H8ClN3OS2. The van der Waals surface area contributed by atoms with Crippen LogP contribution in [0.5, 0.6) is 0 Å². The van der Waals surface area contributed by atoms with E-state index in [9.17, 15) is 4.79 Å². The molecule has 0 fully saturated rings. The molecule has 0 atom stereocenters. The van der Waals surface area contributed by atoms with Crippen molar-refractivity contribution < 1.29 is 4.79 Å². The van der Waals surface area contributed by atoms with Gasteiger partial charge in [0, 0.05) is 17.5 Å². The second kappa shape index (κ2) is 5.48. The van der Waals surface area contributed by atoms with Gasteiger partial charge in [0.1, 0.15) is 0 Å². The van der Waals surface area contributed by atoms with Crippen molar-refractivity contribution in [3.05, 3.63) is 29.4 Å². The van der Waals surface area contributed by atoms with E-state index in [-0.39, 0.29) is 5.91 Å². The number of carbonyl (C=O) groups excluding carboxylic acids is 1. The number of nitrogens with zero attached hydrogens (tertiary/aromatic N) is 2. The maximum Gasteiger partial charge on any atom is 0.221 e. The number of anilines is 1. The van der Waals surface area contributed by atoms with E-state index < -0.39 is 0 Å². The van der Waals surface area contributed by atoms with Crippen molar-refractivity contribution in [3.63, 3.8) is 0 Å². The van der Waals surface area contributed by atoms with E-state index in [2.05, 4.69) is 14.1 Å². The van der Waals surface area contributed by atoms with Gasteiger partial charge in [0.25, 0.3) is 0 Å². The molecule has 1 N–H and O–H groups in total. The zero-order chi connectivity index (χ0) is 12.3. The summed E-state index contributed by atoms with van der Waals surface area (Å²) in [7, 11) is 0. The van der Waals surface area contributed by atoms with Crippen LogP contribution in [0.3, 0.4) is 0 Å². The predicted octanol–water partition coefficient (Wildman–Crippen LogP) is 3.30. The Morgan fingerprint density at radius 1 is 1.35 bits per heavy atom. The molecule has 4 nitrogen and oxygen atoms in total. The van der Waals surface area contributed by atoms with Gasteiger partial charge in [-0.15, -0.1) is 0 Å². The lowest BCUT2D eigenvalue weighted by atomic mass is 10.3. The number of hydrogen-bond donors (Lipinski definition) is 1. The van der Waals surface area contributed by atoms with Crippen molar-refractivity contribution in [1.82, 2.24) is 8.75 Å². The van der Waals surface area contributed by atoms with Crippen molar-refractivity contribution in [2.75, 3.05) is 5.32 Å². The standard InChI is InChI=1S/C10H8ClN3OS2/c1-6(15)12-7-2-4-8(5-3-7)16-10-9(11)13-17-14-10/h2-5H,1H3,(H,12,15). The fourth-order valence-corrected chi connectivity index (χ4v) is 2.74. The third-order valence-corrected chi connectivity index (χ3v) is 3.92. The van der Waals surface area contributed by atoms with Crippen LogP contribution >= 0.6 is 35.1 Å². The monoisotopic (exact) mass is 285 g/mol. The highest BCUT2D eigenvalue weighted by atomic mass is 35.5. The second-order valence-electron chi connectivity index (χ2n) is 3.17. The third kappa shape index (κ3) is 3.42. The minimum Gasteiger partial charge on any atom is -0.326 e. The molecule has 1 aromatic heterocycles. The van der Waals surface area contributed by atoms with Gasteiger partial charge in [-0.25, -0.2) is 0 Å². The van der Waals surface area contributed by atoms with Gasteiger partial charge in [0.05, 0.1) is 11.7 Å². The summed E-state index contributed by atoms with van der Waals surface area (Å²) < 4.78 is 7.96. The maximum absolute atomic E-state index is 10.8. The highest BCUT2D eigenvalue weighted by Gasteiger charge is 2.07. The van der Waals surface area contributed by atoms with Crippen molar-refractivity contribution in [3.8, 4) is 0 Å². The van der Waals surface area contributed by atoms with Gasteiger partial charge in [-0.05, 0) is 24.3 Å². The van der Waals surface area contributed by atoms with Gasteiger partial charge in [0.15, 0.2) is 10.2 Å². The topological polar surface area (TPSA) is 54.9 Å². The summed E-state index contributed by atoms with van der Waals surface area (Å²) in [6.45, 7) is 1.48. The zero-order valence-corrected chi connectivity index (χ0v) is 11.2. The molecule has 1 aromatic carbocycles. The largest absolute Gasteiger partial charge is 0.326 e. The summed E-state index contributed by atoms with van der Waals surface area (Å²) in [5.41, 5.74) is 0.768. The van der Waals surface area contributed by atoms with Gasteiger partial charge in [0.2, 0.25) is 5.91 Å². The number of benzene rings is 1. The molecule has 0 aliphatic heterocycles. The first kappa shape index (κ1) is 12.3. The molecule has 0 bridgehead atoms. The summed E-state index contributed by atoms with van der Waals surface area (Å²) >= 11 is 8.38. The summed E-state index contributed by atoms with van der Waals surface area (Å²) in [6, 6.07) is 7.45. The van der Waals surface area contributed by atoms with Crippen LogP contribution < -0.4 is 5.32 Å². The Bertz CT molecular complexity index is 527. The number of rotatable bonds is 3. The maximum atomic E-state index is 10.8. The molecule has 0 aliphatic carbocycles. The fourth-order valence-electron chi connectivity index (χ4n) is 1.15. The first-order valence-corrected chi connectivity index (χ1v) is 6.61. The molecule has 2 rings (SSSR count). The Morgan fingerprint density at radius 3 is 2.59 bits per heavy atom. The van der Waals surface area contributed by atoms with E-state index in [1.807, 2.05) is 24.3 Å². The van der Waals surface area contributed by atoms with Gasteiger partial charge < -0.3 is 5.32 Å². The van der Waals surface area contributed by atoms with E-state index in [0.29, 0.717) is 10.2 Å². The number of carbonyl (C=O) groups is 1. The smallest absolute Gasteiger partial charge is 0.221 e. The summed E-state index contributed by atoms with van der Waals surface area (Å²) in [4.78, 5) is 11.8. The number of hydrogen-bond acceptors (Lipinski definition) is 5. The highest BCUT2D eigenvalue weighted by molar-refractivity contribution is 7.99. The summed E-state index contributed by atoms with van der Waals surface area (Å²) in [5, 5.41) is 3.82. The summed E-state index contributed by atoms with van der Waals surface area (Å²) in [5.74, 6) is -0.0860. The van der Waals surface area contributed by atoms with Gasteiger partial charge in [-0.1, -0.05) is 23.4 Å². The van der Waals surface area contributed by atoms with E-state index in [1.54, 1.807) is 0 Å². The number of amides is 1. The average molecular weight is 286 g/mol. The summed E-state index contributed by atoms with van der Waals surface area (Å²) in [6.07, 6.45) is 0. The first-order valence-electron chi connectivity index (χ1n) is 4.69. The lowest BCUT2D eigenvalue weighted by Crippen LogP contribution is -2.05. The second-order valence-corrected chi connectivity index (χ2v) is 5.12. The molecule has 0 aliphatic rings. The normalized spacial score (nSPS) is 10.2. The van der Waals surface area contributed by atoms with Crippen LogP contribution in [-0.4, -0.2) is 14.7 Å². The van der Waals surface area contributed by atoms with Crippen LogP contribution in [0.15, 0.2) is 34.2 Å². The predicted molar refractivity (Wildman–Crippen MR) is 69.8 cm³/mol. The Hall–Kier alpha value is -1.11. The van der Waals surface area contributed by atoms with E-state index >= 15 is 0 Å². The lowest BCUT2D eigenvalue weighted by molar-refractivity contribution is -0.114. The zero-order valence-electron chi connectivity index (χ0n) is 8.81. The minimum atomic E-state index is -0.0860. The van der Waals surface area contributed by atoms with Gasteiger partial charge >= 0.3 is 0 Å². The molecule has 0 unspecified atom stereocenters. The lowest BCUT2D eigenvalue weighted by Gasteiger charge is -2.03. The first-order chi connectivity index (χ1) is 8.15. The minimum absolute atomic E-state index is 0.0860. The van der Waals surface area contributed by atoms with Crippen molar-refractivity contribution in [2.45, 2.75) is 16.8 Å². The Labute approximate surface area is 112 Å². The van der Waals surface area contributed by atoms with Crippen LogP contribution in [0.2, 0.25) is 5.15 Å². The van der Waals surface area contributed by atoms with Gasteiger partial charge in [-0.3, -0.25) is 4.79 Å². The Kier molecular flexibility index (Phi) is 3.98. The van der Waals surface area contributed by atoms with E-state index in [0.717, 1.165) is 22.3 Å². The molecule has 17 heavy (non-hydrogen) atoms. The molecule has 7 heteroatoms. The molecule has 0 saturated carbocycles. The van der Waals surface area contributed by atoms with Crippen molar-refractivity contribution in [1.29, 1.82) is 0 Å². The average Bonchev–Trinajstić information content (AvgIpc) is 2.67. The molecule has 0 spiro atoms.